The van der Waals surface area contributed by atoms with E-state index in [4.69, 9.17) is 4.74 Å². The number of anilines is 1. The number of aromatic nitrogens is 3. The van der Waals surface area contributed by atoms with Gasteiger partial charge in [-0.15, -0.1) is 0 Å². The maximum absolute atomic E-state index is 12.9. The predicted molar refractivity (Wildman–Crippen MR) is 93.9 cm³/mol. The standard InChI is InChI=1S/C18H23N5O2/c1-25-12-15-11-17(21-13-20-15)22-18(24)23-10-4-2-3-5-16(23)14-6-8-19-9-7-14/h6-9,11,13,16H,2-5,10,12H2,1H3,(H,20,21,22,24). The predicted octanol–water partition coefficient (Wildman–Crippen LogP) is 3.17. The zero-order valence-corrected chi connectivity index (χ0v) is 14.4. The van der Waals surface area contributed by atoms with Crippen molar-refractivity contribution in [3.63, 3.8) is 0 Å². The van der Waals surface area contributed by atoms with E-state index in [2.05, 4.69) is 20.3 Å². The summed E-state index contributed by atoms with van der Waals surface area (Å²) in [6.45, 7) is 1.11. The molecule has 3 rings (SSSR count). The Labute approximate surface area is 147 Å². The second-order valence-electron chi connectivity index (χ2n) is 6.10. The minimum absolute atomic E-state index is 0.0609. The van der Waals surface area contributed by atoms with Crippen LogP contribution in [0.4, 0.5) is 10.6 Å². The van der Waals surface area contributed by atoms with E-state index in [1.807, 2.05) is 17.0 Å². The van der Waals surface area contributed by atoms with E-state index in [0.717, 1.165) is 43.5 Å². The Kier molecular flexibility index (Phi) is 5.90. The van der Waals surface area contributed by atoms with Gasteiger partial charge in [0.25, 0.3) is 0 Å². The summed E-state index contributed by atoms with van der Waals surface area (Å²) < 4.78 is 5.08. The van der Waals surface area contributed by atoms with Gasteiger partial charge >= 0.3 is 6.03 Å². The molecule has 1 aliphatic heterocycles. The number of likely N-dealkylation sites (tertiary alicyclic amines) is 1. The highest BCUT2D eigenvalue weighted by Crippen LogP contribution is 2.30. The van der Waals surface area contributed by atoms with Gasteiger partial charge in [-0.2, -0.15) is 0 Å². The summed E-state index contributed by atoms with van der Waals surface area (Å²) in [5, 5.41) is 2.90. The molecular formula is C18H23N5O2. The first-order valence-electron chi connectivity index (χ1n) is 8.55. The Morgan fingerprint density at radius 3 is 2.92 bits per heavy atom. The molecule has 2 aromatic heterocycles. The Bertz CT molecular complexity index is 695. The quantitative estimate of drug-likeness (QED) is 0.924. The van der Waals surface area contributed by atoms with E-state index < -0.39 is 0 Å². The van der Waals surface area contributed by atoms with Gasteiger partial charge in [0.1, 0.15) is 12.1 Å². The number of hydrogen-bond acceptors (Lipinski definition) is 5. The molecule has 2 amide bonds. The van der Waals surface area contributed by atoms with Crippen molar-refractivity contribution >= 4 is 11.8 Å². The fourth-order valence-corrected chi connectivity index (χ4v) is 3.16. The van der Waals surface area contributed by atoms with E-state index in [0.29, 0.717) is 12.4 Å². The lowest BCUT2D eigenvalue weighted by atomic mass is 10.0. The van der Waals surface area contributed by atoms with Crippen LogP contribution in [0.25, 0.3) is 0 Å². The second kappa shape index (κ2) is 8.53. The van der Waals surface area contributed by atoms with Gasteiger partial charge in [0.15, 0.2) is 0 Å². The van der Waals surface area contributed by atoms with Crippen molar-refractivity contribution in [2.24, 2.45) is 0 Å². The topological polar surface area (TPSA) is 80.2 Å². The molecule has 7 nitrogen and oxygen atoms in total. The first-order valence-corrected chi connectivity index (χ1v) is 8.55. The van der Waals surface area contributed by atoms with E-state index in [-0.39, 0.29) is 12.1 Å². The maximum atomic E-state index is 12.9. The second-order valence-corrected chi connectivity index (χ2v) is 6.10. The molecule has 25 heavy (non-hydrogen) atoms. The molecule has 2 aromatic rings. The summed E-state index contributed by atoms with van der Waals surface area (Å²) in [6.07, 6.45) is 9.20. The van der Waals surface area contributed by atoms with Crippen LogP contribution in [0.1, 0.15) is 43.0 Å². The molecule has 0 saturated carbocycles. The van der Waals surface area contributed by atoms with Crippen LogP contribution in [0.5, 0.6) is 0 Å². The van der Waals surface area contributed by atoms with Crippen LogP contribution < -0.4 is 5.32 Å². The molecule has 3 heterocycles. The molecule has 0 aliphatic carbocycles. The molecule has 1 N–H and O–H groups in total. The van der Waals surface area contributed by atoms with Gasteiger partial charge in [0.05, 0.1) is 18.3 Å². The largest absolute Gasteiger partial charge is 0.378 e. The fraction of sp³-hybridized carbons (Fsp3) is 0.444. The Balaban J connectivity index is 1.77. The van der Waals surface area contributed by atoms with Crippen molar-refractivity contribution < 1.29 is 9.53 Å². The lowest BCUT2D eigenvalue weighted by Gasteiger charge is -2.30. The third kappa shape index (κ3) is 4.51. The smallest absolute Gasteiger partial charge is 0.323 e. The number of carbonyl (C=O) groups excluding carboxylic acids is 1. The molecule has 1 aliphatic rings. The number of hydrogen-bond donors (Lipinski definition) is 1. The number of nitrogens with zero attached hydrogens (tertiary/aromatic N) is 4. The first-order chi connectivity index (χ1) is 12.3. The van der Waals surface area contributed by atoms with E-state index in [1.165, 1.54) is 6.33 Å². The Hall–Kier alpha value is -2.54. The molecule has 7 heteroatoms. The van der Waals surface area contributed by atoms with Crippen molar-refractivity contribution in [1.82, 2.24) is 19.9 Å². The summed E-state index contributed by atoms with van der Waals surface area (Å²) in [5.74, 6) is 0.491. The lowest BCUT2D eigenvalue weighted by Crippen LogP contribution is -2.38. The van der Waals surface area contributed by atoms with Crippen molar-refractivity contribution in [2.45, 2.75) is 38.3 Å². The highest BCUT2D eigenvalue weighted by molar-refractivity contribution is 5.88. The number of amides is 2. The third-order valence-electron chi connectivity index (χ3n) is 4.36. The van der Waals surface area contributed by atoms with Crippen LogP contribution in [-0.4, -0.2) is 39.5 Å². The molecule has 0 spiro atoms. The first kappa shape index (κ1) is 17.3. The Morgan fingerprint density at radius 2 is 2.12 bits per heavy atom. The maximum Gasteiger partial charge on any atom is 0.323 e. The number of ether oxygens (including phenoxy) is 1. The van der Waals surface area contributed by atoms with Crippen LogP contribution in [0.3, 0.4) is 0 Å². The molecule has 1 unspecified atom stereocenters. The van der Waals surface area contributed by atoms with Crippen LogP contribution in [-0.2, 0) is 11.3 Å². The minimum atomic E-state index is -0.134. The van der Waals surface area contributed by atoms with Crippen molar-refractivity contribution in [2.75, 3.05) is 19.0 Å². The molecule has 132 valence electrons. The fourth-order valence-electron chi connectivity index (χ4n) is 3.16. The SMILES string of the molecule is COCc1cc(NC(=O)N2CCCCCC2c2ccncc2)ncn1. The molecular weight excluding hydrogens is 318 g/mol. The number of rotatable bonds is 4. The van der Waals surface area contributed by atoms with Crippen LogP contribution >= 0.6 is 0 Å². The number of pyridine rings is 1. The third-order valence-corrected chi connectivity index (χ3v) is 4.36. The summed E-state index contributed by atoms with van der Waals surface area (Å²) in [7, 11) is 1.61. The Morgan fingerprint density at radius 1 is 1.28 bits per heavy atom. The summed E-state index contributed by atoms with van der Waals surface area (Å²) in [4.78, 5) is 27.1. The normalized spacial score (nSPS) is 17.8. The minimum Gasteiger partial charge on any atom is -0.378 e. The van der Waals surface area contributed by atoms with Gasteiger partial charge in [-0.1, -0.05) is 12.8 Å². The van der Waals surface area contributed by atoms with E-state index in [9.17, 15) is 4.79 Å². The van der Waals surface area contributed by atoms with E-state index in [1.54, 1.807) is 25.6 Å². The molecule has 1 saturated heterocycles. The van der Waals surface area contributed by atoms with Gasteiger partial charge in [-0.25, -0.2) is 14.8 Å². The lowest BCUT2D eigenvalue weighted by molar-refractivity contribution is 0.181. The summed E-state index contributed by atoms with van der Waals surface area (Å²) in [6, 6.07) is 5.63. The highest BCUT2D eigenvalue weighted by Gasteiger charge is 2.27. The summed E-state index contributed by atoms with van der Waals surface area (Å²) >= 11 is 0. The van der Waals surface area contributed by atoms with E-state index >= 15 is 0 Å². The van der Waals surface area contributed by atoms with Gasteiger partial charge in [-0.05, 0) is 30.5 Å². The number of nitrogens with one attached hydrogen (secondary N) is 1. The van der Waals surface area contributed by atoms with Gasteiger partial charge in [0, 0.05) is 32.1 Å². The zero-order chi connectivity index (χ0) is 17.5. The van der Waals surface area contributed by atoms with Gasteiger partial charge < -0.3 is 9.64 Å². The molecule has 1 atom stereocenters. The van der Waals surface area contributed by atoms with Crippen molar-refractivity contribution in [3.8, 4) is 0 Å². The van der Waals surface area contributed by atoms with Gasteiger partial charge in [-0.3, -0.25) is 10.3 Å². The zero-order valence-electron chi connectivity index (χ0n) is 14.4. The number of carbonyl (C=O) groups is 1. The average Bonchev–Trinajstić information content (AvgIpc) is 2.89. The summed E-state index contributed by atoms with van der Waals surface area (Å²) in [5.41, 5.74) is 1.85. The average molecular weight is 341 g/mol. The monoisotopic (exact) mass is 341 g/mol. The molecule has 0 bridgehead atoms. The number of urea groups is 1. The highest BCUT2D eigenvalue weighted by atomic mass is 16.5. The van der Waals surface area contributed by atoms with Crippen LogP contribution in [0.15, 0.2) is 36.9 Å². The van der Waals surface area contributed by atoms with Crippen molar-refractivity contribution in [1.29, 1.82) is 0 Å². The molecule has 1 fully saturated rings. The van der Waals surface area contributed by atoms with Crippen molar-refractivity contribution in [3.05, 3.63) is 48.2 Å². The van der Waals surface area contributed by atoms with Crippen LogP contribution in [0.2, 0.25) is 0 Å². The number of methoxy groups -OCH3 is 1. The molecule has 0 aromatic carbocycles. The van der Waals surface area contributed by atoms with Gasteiger partial charge in [0.2, 0.25) is 0 Å². The molecule has 0 radical (unpaired) electrons. The van der Waals surface area contributed by atoms with Crippen LogP contribution in [0, 0.1) is 0 Å².